The van der Waals surface area contributed by atoms with Gasteiger partial charge in [0.2, 0.25) is 6.86 Å². The Labute approximate surface area is 207 Å². The molecule has 1 N–H and O–H groups in total. The van der Waals surface area contributed by atoms with Gasteiger partial charge in [-0.1, -0.05) is 25.1 Å². The van der Waals surface area contributed by atoms with Crippen LogP contribution in [0, 0.1) is 0 Å². The Morgan fingerprint density at radius 3 is 2.61 bits per heavy atom. The Morgan fingerprint density at radius 2 is 1.94 bits per heavy atom. The second-order valence-corrected chi connectivity index (χ2v) is 7.81. The molecule has 9 nitrogen and oxygen atoms in total. The van der Waals surface area contributed by atoms with E-state index >= 15 is 0 Å². The average Bonchev–Trinajstić information content (AvgIpc) is 2.91. The summed E-state index contributed by atoms with van der Waals surface area (Å²) >= 11 is 0. The standard InChI is InChI=1S/C26H25FN4O5/c1-3-21-24(18-9-12-22(34-2)23(14-18)35-16-27)30-31(26(33)36-21)15-17-7-10-19(11-8-17)29-25(32)20-6-4-5-13-28-20/h4-14,21H,3,15-16H2,1-2H3,(H,29,32). The average molecular weight is 493 g/mol. The van der Waals surface area contributed by atoms with Gasteiger partial charge in [0.1, 0.15) is 17.5 Å². The van der Waals surface area contributed by atoms with Crippen molar-refractivity contribution < 1.29 is 28.2 Å². The predicted molar refractivity (Wildman–Crippen MR) is 131 cm³/mol. The summed E-state index contributed by atoms with van der Waals surface area (Å²) in [6, 6.07) is 17.1. The lowest BCUT2D eigenvalue weighted by molar-refractivity contribution is 0.0712. The Morgan fingerprint density at radius 1 is 1.14 bits per heavy atom. The second-order valence-electron chi connectivity index (χ2n) is 7.81. The molecule has 2 aromatic carbocycles. The molecule has 1 atom stereocenters. The first-order valence-electron chi connectivity index (χ1n) is 11.3. The van der Waals surface area contributed by atoms with Gasteiger partial charge in [-0.2, -0.15) is 10.1 Å². The number of methoxy groups -OCH3 is 1. The van der Waals surface area contributed by atoms with Crippen LogP contribution in [-0.4, -0.2) is 47.8 Å². The van der Waals surface area contributed by atoms with Crippen LogP contribution in [0.25, 0.3) is 0 Å². The van der Waals surface area contributed by atoms with E-state index in [1.54, 1.807) is 66.9 Å². The number of nitrogens with one attached hydrogen (secondary N) is 1. The number of hydrogen-bond acceptors (Lipinski definition) is 7. The van der Waals surface area contributed by atoms with Crippen molar-refractivity contribution in [3.05, 3.63) is 83.7 Å². The molecule has 36 heavy (non-hydrogen) atoms. The van der Waals surface area contributed by atoms with E-state index in [0.29, 0.717) is 34.8 Å². The fourth-order valence-corrected chi connectivity index (χ4v) is 3.66. The largest absolute Gasteiger partial charge is 0.493 e. The van der Waals surface area contributed by atoms with Gasteiger partial charge in [-0.25, -0.2) is 9.18 Å². The van der Waals surface area contributed by atoms with Gasteiger partial charge in [-0.3, -0.25) is 9.78 Å². The van der Waals surface area contributed by atoms with Crippen LogP contribution in [0.2, 0.25) is 0 Å². The molecule has 1 unspecified atom stereocenters. The van der Waals surface area contributed by atoms with Crippen molar-refractivity contribution >= 4 is 23.4 Å². The number of anilines is 1. The highest BCUT2D eigenvalue weighted by molar-refractivity contribution is 6.06. The molecule has 0 radical (unpaired) electrons. The predicted octanol–water partition coefficient (Wildman–Crippen LogP) is 4.78. The fourth-order valence-electron chi connectivity index (χ4n) is 3.66. The van der Waals surface area contributed by atoms with Gasteiger partial charge in [0.25, 0.3) is 5.91 Å². The van der Waals surface area contributed by atoms with Crippen molar-refractivity contribution in [3.8, 4) is 11.5 Å². The molecule has 0 spiro atoms. The van der Waals surface area contributed by atoms with Crippen LogP contribution in [0.4, 0.5) is 14.9 Å². The molecule has 1 aliphatic heterocycles. The lowest BCUT2D eigenvalue weighted by Gasteiger charge is -2.29. The summed E-state index contributed by atoms with van der Waals surface area (Å²) < 4.78 is 28.7. The number of hydrazone groups is 1. The highest BCUT2D eigenvalue weighted by Gasteiger charge is 2.31. The molecule has 10 heteroatoms. The maximum absolute atomic E-state index is 12.8. The van der Waals surface area contributed by atoms with Crippen molar-refractivity contribution in [2.75, 3.05) is 19.3 Å². The number of carbonyl (C=O) groups is 2. The number of benzene rings is 2. The normalized spacial score (nSPS) is 15.1. The highest BCUT2D eigenvalue weighted by Crippen LogP contribution is 2.30. The molecule has 1 aliphatic rings. The number of amides is 2. The van der Waals surface area contributed by atoms with Gasteiger partial charge < -0.3 is 19.5 Å². The molecule has 0 saturated heterocycles. The Balaban J connectivity index is 1.52. The van der Waals surface area contributed by atoms with Crippen LogP contribution in [0.5, 0.6) is 11.5 Å². The van der Waals surface area contributed by atoms with Gasteiger partial charge in [-0.05, 0) is 54.4 Å². The van der Waals surface area contributed by atoms with E-state index in [1.165, 1.54) is 12.1 Å². The van der Waals surface area contributed by atoms with E-state index in [-0.39, 0.29) is 18.2 Å². The van der Waals surface area contributed by atoms with E-state index in [4.69, 9.17) is 14.2 Å². The number of carbonyl (C=O) groups excluding carboxylic acids is 2. The summed E-state index contributed by atoms with van der Waals surface area (Å²) in [6.45, 7) is 1.02. The maximum Gasteiger partial charge on any atom is 0.431 e. The quantitative estimate of drug-likeness (QED) is 0.461. The first-order valence-corrected chi connectivity index (χ1v) is 11.3. The Hall–Kier alpha value is -4.47. The number of pyridine rings is 1. The van der Waals surface area contributed by atoms with E-state index < -0.39 is 19.1 Å². The molecule has 4 rings (SSSR count). The third kappa shape index (κ3) is 5.60. The summed E-state index contributed by atoms with van der Waals surface area (Å²) in [5.74, 6) is 0.283. The number of nitrogens with zero attached hydrogens (tertiary/aromatic N) is 3. The van der Waals surface area contributed by atoms with E-state index in [1.807, 2.05) is 6.92 Å². The molecular weight excluding hydrogens is 467 g/mol. The van der Waals surface area contributed by atoms with Crippen molar-refractivity contribution in [3.63, 3.8) is 0 Å². The number of aromatic nitrogens is 1. The van der Waals surface area contributed by atoms with Crippen LogP contribution < -0.4 is 14.8 Å². The first kappa shape index (κ1) is 24.6. The third-order valence-corrected chi connectivity index (χ3v) is 5.47. The third-order valence-electron chi connectivity index (χ3n) is 5.47. The second kappa shape index (κ2) is 11.3. The molecule has 1 aromatic heterocycles. The van der Waals surface area contributed by atoms with E-state index in [9.17, 15) is 14.0 Å². The zero-order valence-corrected chi connectivity index (χ0v) is 19.8. The van der Waals surface area contributed by atoms with Crippen molar-refractivity contribution in [2.24, 2.45) is 5.10 Å². The number of halogens is 1. The first-order chi connectivity index (χ1) is 17.5. The van der Waals surface area contributed by atoms with Crippen LogP contribution in [0.3, 0.4) is 0 Å². The van der Waals surface area contributed by atoms with Gasteiger partial charge in [0.05, 0.1) is 13.7 Å². The molecule has 186 valence electrons. The summed E-state index contributed by atoms with van der Waals surface area (Å²) in [4.78, 5) is 28.9. The van der Waals surface area contributed by atoms with E-state index in [0.717, 1.165) is 5.56 Å². The monoisotopic (exact) mass is 492 g/mol. The SMILES string of the molecule is CCC1OC(=O)N(Cc2ccc(NC(=O)c3ccccn3)cc2)N=C1c1ccc(OC)c(OCF)c1. The lowest BCUT2D eigenvalue weighted by Crippen LogP contribution is -2.41. The molecule has 0 aliphatic carbocycles. The van der Waals surface area contributed by atoms with Gasteiger partial charge in [0, 0.05) is 17.4 Å². The number of cyclic esters (lactones) is 1. The minimum atomic E-state index is -1.01. The van der Waals surface area contributed by atoms with Crippen LogP contribution in [0.15, 0.2) is 72.0 Å². The van der Waals surface area contributed by atoms with Crippen LogP contribution in [-0.2, 0) is 11.3 Å². The van der Waals surface area contributed by atoms with Gasteiger partial charge in [-0.15, -0.1) is 0 Å². The summed E-state index contributed by atoms with van der Waals surface area (Å²) in [5.41, 5.74) is 2.81. The number of ether oxygens (including phenoxy) is 3. The smallest absolute Gasteiger partial charge is 0.431 e. The molecular formula is C26H25FN4O5. The zero-order valence-electron chi connectivity index (χ0n) is 19.8. The maximum atomic E-state index is 12.8. The minimum absolute atomic E-state index is 0.150. The van der Waals surface area contributed by atoms with Crippen molar-refractivity contribution in [2.45, 2.75) is 26.0 Å². The zero-order chi connectivity index (χ0) is 25.5. The summed E-state index contributed by atoms with van der Waals surface area (Å²) in [5, 5.41) is 8.56. The number of rotatable bonds is 9. The molecule has 0 saturated carbocycles. The summed E-state index contributed by atoms with van der Waals surface area (Å²) in [7, 11) is 1.46. The van der Waals surface area contributed by atoms with Crippen molar-refractivity contribution in [1.82, 2.24) is 9.99 Å². The van der Waals surface area contributed by atoms with E-state index in [2.05, 4.69) is 15.4 Å². The molecule has 0 bridgehead atoms. The van der Waals surface area contributed by atoms with Crippen LogP contribution in [0.1, 0.15) is 35.0 Å². The highest BCUT2D eigenvalue weighted by atomic mass is 19.1. The Kier molecular flexibility index (Phi) is 7.74. The lowest BCUT2D eigenvalue weighted by atomic mass is 10.0. The molecule has 3 aromatic rings. The van der Waals surface area contributed by atoms with Crippen molar-refractivity contribution in [1.29, 1.82) is 0 Å². The summed E-state index contributed by atoms with van der Waals surface area (Å²) in [6.07, 6.45) is 0.916. The van der Waals surface area contributed by atoms with Crippen LogP contribution >= 0.6 is 0 Å². The topological polar surface area (TPSA) is 102 Å². The Bertz CT molecular complexity index is 1250. The molecule has 0 fully saturated rings. The fraction of sp³-hybridized carbons (Fsp3) is 0.231. The van der Waals surface area contributed by atoms with Gasteiger partial charge in [0.15, 0.2) is 11.5 Å². The number of alkyl halides is 1. The van der Waals surface area contributed by atoms with Gasteiger partial charge >= 0.3 is 6.09 Å². The number of hydrogen-bond donors (Lipinski definition) is 1. The molecule has 2 heterocycles. The molecule has 2 amide bonds. The minimum Gasteiger partial charge on any atom is -0.493 e.